The number of nitrogens with zero attached hydrogens (tertiary/aromatic N) is 2. The van der Waals surface area contributed by atoms with Crippen LogP contribution >= 0.6 is 15.9 Å². The first kappa shape index (κ1) is 12.0. The quantitative estimate of drug-likeness (QED) is 0.812. The van der Waals surface area contributed by atoms with Gasteiger partial charge in [0.25, 0.3) is 0 Å². The fourth-order valence-electron chi connectivity index (χ4n) is 1.40. The zero-order chi connectivity index (χ0) is 12.1. The smallest absolute Gasteiger partial charge is 0.138 e. The Morgan fingerprint density at radius 3 is 2.76 bits per heavy atom. The highest BCUT2D eigenvalue weighted by atomic mass is 79.9. The van der Waals surface area contributed by atoms with Gasteiger partial charge in [0, 0.05) is 11.5 Å². The third-order valence-corrected chi connectivity index (χ3v) is 3.00. The second-order valence-corrected chi connectivity index (χ2v) is 4.24. The van der Waals surface area contributed by atoms with Crippen LogP contribution in [0.5, 0.6) is 5.75 Å². The first-order valence-corrected chi connectivity index (χ1v) is 6.46. The van der Waals surface area contributed by atoms with Crippen LogP contribution in [0.1, 0.15) is 17.0 Å². The topological polar surface area (TPSA) is 35.0 Å². The van der Waals surface area contributed by atoms with Gasteiger partial charge in [0.2, 0.25) is 0 Å². The maximum absolute atomic E-state index is 5.63. The summed E-state index contributed by atoms with van der Waals surface area (Å²) in [6.45, 7) is 2.50. The summed E-state index contributed by atoms with van der Waals surface area (Å²) in [7, 11) is 0. The van der Waals surface area contributed by atoms with Crippen LogP contribution in [0.15, 0.2) is 36.7 Å². The summed E-state index contributed by atoms with van der Waals surface area (Å²) in [4.78, 5) is 8.51. The Hall–Kier alpha value is -1.42. The molecule has 4 heteroatoms. The lowest BCUT2D eigenvalue weighted by atomic mass is 10.2. The van der Waals surface area contributed by atoms with E-state index in [1.807, 2.05) is 31.2 Å². The molecule has 2 rings (SSSR count). The molecule has 0 atom stereocenters. The molecule has 3 nitrogen and oxygen atoms in total. The highest BCUT2D eigenvalue weighted by Gasteiger charge is 2.00. The number of halogens is 1. The zero-order valence-electron chi connectivity index (χ0n) is 9.56. The van der Waals surface area contributed by atoms with Gasteiger partial charge in [-0.15, -0.1) is 0 Å². The van der Waals surface area contributed by atoms with Gasteiger partial charge in [-0.25, -0.2) is 0 Å². The molecular formula is C13H13BrN2O. The van der Waals surface area contributed by atoms with E-state index in [4.69, 9.17) is 4.74 Å². The van der Waals surface area contributed by atoms with E-state index < -0.39 is 0 Å². The first-order chi connectivity index (χ1) is 8.29. The summed E-state index contributed by atoms with van der Waals surface area (Å²) in [6, 6.07) is 7.81. The lowest BCUT2D eigenvalue weighted by molar-refractivity contribution is 0.299. The summed E-state index contributed by atoms with van der Waals surface area (Å²) in [6.07, 6.45) is 3.51. The van der Waals surface area contributed by atoms with E-state index in [0.29, 0.717) is 6.61 Å². The standard InChI is InChI=1S/C13H13BrN2O/c1-10-3-2-6-15-13(10)9-17-12-5-4-11(7-14)16-8-12/h2-6,8H,7,9H2,1H3. The monoisotopic (exact) mass is 292 g/mol. The normalized spacial score (nSPS) is 10.2. The van der Waals surface area contributed by atoms with Gasteiger partial charge in [-0.1, -0.05) is 22.0 Å². The van der Waals surface area contributed by atoms with Gasteiger partial charge in [-0.05, 0) is 30.7 Å². The fourth-order valence-corrected chi connectivity index (χ4v) is 1.73. The van der Waals surface area contributed by atoms with Gasteiger partial charge >= 0.3 is 0 Å². The van der Waals surface area contributed by atoms with Crippen LogP contribution in [0.2, 0.25) is 0 Å². The van der Waals surface area contributed by atoms with Crippen LogP contribution in [0.25, 0.3) is 0 Å². The van der Waals surface area contributed by atoms with Crippen molar-refractivity contribution in [3.8, 4) is 5.75 Å². The van der Waals surface area contributed by atoms with E-state index in [1.54, 1.807) is 12.4 Å². The molecule has 0 aromatic carbocycles. The molecule has 0 saturated carbocycles. The number of aryl methyl sites for hydroxylation is 1. The minimum atomic E-state index is 0.474. The summed E-state index contributed by atoms with van der Waals surface area (Å²) >= 11 is 3.35. The van der Waals surface area contributed by atoms with Crippen molar-refractivity contribution in [3.05, 3.63) is 53.6 Å². The van der Waals surface area contributed by atoms with E-state index in [2.05, 4.69) is 25.9 Å². The molecule has 0 bridgehead atoms. The Balaban J connectivity index is 2.00. The van der Waals surface area contributed by atoms with Crippen molar-refractivity contribution in [2.45, 2.75) is 18.9 Å². The molecule has 0 saturated heterocycles. The molecule has 2 aromatic heterocycles. The first-order valence-electron chi connectivity index (χ1n) is 5.34. The molecule has 0 fully saturated rings. The molecular weight excluding hydrogens is 280 g/mol. The lowest BCUT2D eigenvalue weighted by Crippen LogP contribution is -2.00. The average Bonchev–Trinajstić information content (AvgIpc) is 2.38. The van der Waals surface area contributed by atoms with Crippen LogP contribution in [0, 0.1) is 6.92 Å². The summed E-state index contributed by atoms with van der Waals surface area (Å²) in [5.41, 5.74) is 3.08. The Morgan fingerprint density at radius 2 is 2.12 bits per heavy atom. The Bertz CT molecular complexity index is 485. The van der Waals surface area contributed by atoms with Gasteiger partial charge in [0.1, 0.15) is 12.4 Å². The largest absolute Gasteiger partial charge is 0.486 e. The molecule has 0 aliphatic heterocycles. The van der Waals surface area contributed by atoms with Crippen molar-refractivity contribution < 1.29 is 4.74 Å². The molecule has 0 radical (unpaired) electrons. The fraction of sp³-hybridized carbons (Fsp3) is 0.231. The van der Waals surface area contributed by atoms with E-state index in [-0.39, 0.29) is 0 Å². The van der Waals surface area contributed by atoms with Crippen molar-refractivity contribution in [1.29, 1.82) is 0 Å². The van der Waals surface area contributed by atoms with Crippen LogP contribution in [-0.2, 0) is 11.9 Å². The zero-order valence-corrected chi connectivity index (χ0v) is 11.1. The maximum Gasteiger partial charge on any atom is 0.138 e. The van der Waals surface area contributed by atoms with Crippen LogP contribution in [0.3, 0.4) is 0 Å². The molecule has 0 aliphatic carbocycles. The number of ether oxygens (including phenoxy) is 1. The summed E-state index contributed by atoms with van der Waals surface area (Å²) in [5.74, 6) is 0.764. The van der Waals surface area contributed by atoms with E-state index in [0.717, 1.165) is 28.0 Å². The minimum absolute atomic E-state index is 0.474. The van der Waals surface area contributed by atoms with Gasteiger partial charge in [0.05, 0.1) is 17.6 Å². The Labute approximate surface area is 109 Å². The number of pyridine rings is 2. The Kier molecular flexibility index (Phi) is 4.09. The average molecular weight is 293 g/mol. The predicted octanol–water partition coefficient (Wildman–Crippen LogP) is 3.26. The highest BCUT2D eigenvalue weighted by molar-refractivity contribution is 9.08. The summed E-state index contributed by atoms with van der Waals surface area (Å²) < 4.78 is 5.63. The van der Waals surface area contributed by atoms with Crippen molar-refractivity contribution in [2.75, 3.05) is 0 Å². The summed E-state index contributed by atoms with van der Waals surface area (Å²) in [5, 5.41) is 0.757. The number of alkyl halides is 1. The second-order valence-electron chi connectivity index (χ2n) is 3.67. The number of hydrogen-bond acceptors (Lipinski definition) is 3. The van der Waals surface area contributed by atoms with Crippen LogP contribution in [0.4, 0.5) is 0 Å². The molecule has 2 aromatic rings. The molecule has 0 amide bonds. The van der Waals surface area contributed by atoms with Crippen molar-refractivity contribution in [2.24, 2.45) is 0 Å². The second kappa shape index (κ2) is 5.77. The molecule has 0 aliphatic rings. The molecule has 0 spiro atoms. The van der Waals surface area contributed by atoms with E-state index in [1.165, 1.54) is 0 Å². The Morgan fingerprint density at radius 1 is 1.24 bits per heavy atom. The van der Waals surface area contributed by atoms with Gasteiger partial charge < -0.3 is 4.74 Å². The number of hydrogen-bond donors (Lipinski definition) is 0. The van der Waals surface area contributed by atoms with Crippen LogP contribution < -0.4 is 4.74 Å². The van der Waals surface area contributed by atoms with Crippen molar-refractivity contribution in [3.63, 3.8) is 0 Å². The molecule has 2 heterocycles. The molecule has 88 valence electrons. The lowest BCUT2D eigenvalue weighted by Gasteiger charge is -2.07. The maximum atomic E-state index is 5.63. The third kappa shape index (κ3) is 3.27. The minimum Gasteiger partial charge on any atom is -0.486 e. The van der Waals surface area contributed by atoms with E-state index >= 15 is 0 Å². The van der Waals surface area contributed by atoms with E-state index in [9.17, 15) is 0 Å². The van der Waals surface area contributed by atoms with Crippen molar-refractivity contribution >= 4 is 15.9 Å². The predicted molar refractivity (Wildman–Crippen MR) is 70.2 cm³/mol. The van der Waals surface area contributed by atoms with Gasteiger partial charge in [-0.2, -0.15) is 0 Å². The molecule has 17 heavy (non-hydrogen) atoms. The van der Waals surface area contributed by atoms with Crippen molar-refractivity contribution in [1.82, 2.24) is 9.97 Å². The van der Waals surface area contributed by atoms with Gasteiger partial charge in [-0.3, -0.25) is 9.97 Å². The van der Waals surface area contributed by atoms with Crippen LogP contribution in [-0.4, -0.2) is 9.97 Å². The number of rotatable bonds is 4. The van der Waals surface area contributed by atoms with Gasteiger partial charge in [0.15, 0.2) is 0 Å². The molecule has 0 N–H and O–H groups in total. The third-order valence-electron chi connectivity index (χ3n) is 2.43. The number of aromatic nitrogens is 2. The molecule has 0 unspecified atom stereocenters. The highest BCUT2D eigenvalue weighted by Crippen LogP contribution is 2.13. The SMILES string of the molecule is Cc1cccnc1COc1ccc(CBr)nc1.